The molecule has 3 aromatic heterocycles. The van der Waals surface area contributed by atoms with Crippen molar-refractivity contribution >= 4 is 34.0 Å². The normalized spacial score (nSPS) is 11.1. The van der Waals surface area contributed by atoms with Gasteiger partial charge in [0, 0.05) is 29.7 Å². The van der Waals surface area contributed by atoms with E-state index in [1.807, 2.05) is 61.5 Å². The number of thiophene rings is 1. The molecule has 0 aliphatic heterocycles. The first-order chi connectivity index (χ1) is 15.9. The minimum atomic E-state index is 0.0608. The fraction of sp³-hybridized carbons (Fsp3) is 0.320. The van der Waals surface area contributed by atoms with Gasteiger partial charge in [0.25, 0.3) is 0 Å². The fourth-order valence-corrected chi connectivity index (χ4v) is 4.81. The highest BCUT2D eigenvalue weighted by Gasteiger charge is 2.21. The van der Waals surface area contributed by atoms with E-state index in [4.69, 9.17) is 14.5 Å². The van der Waals surface area contributed by atoms with Gasteiger partial charge in [-0.05, 0) is 67.1 Å². The lowest BCUT2D eigenvalue weighted by atomic mass is 10.00. The standard InChI is InChI=1S/C25H28N4O3S/c1-16-21(17(2)26-24-23(16)25(32-5)27-28(24)3)12-13-22(30)29(15-20-7-6-14-33-20)18-8-10-19(31-4)11-9-18/h6-11,14H,12-13,15H2,1-5H3. The number of benzene rings is 1. The van der Waals surface area contributed by atoms with Crippen molar-refractivity contribution in [3.05, 3.63) is 63.5 Å². The van der Waals surface area contributed by atoms with Crippen LogP contribution in [0.4, 0.5) is 5.69 Å². The molecule has 8 heteroatoms. The average Bonchev–Trinajstić information content (AvgIpc) is 3.45. The molecule has 4 aromatic rings. The quantitative estimate of drug-likeness (QED) is 0.374. The number of fused-ring (bicyclic) bond motifs is 1. The number of carbonyl (C=O) groups is 1. The number of nitrogens with zero attached hydrogens (tertiary/aromatic N) is 4. The van der Waals surface area contributed by atoms with Crippen molar-refractivity contribution in [1.29, 1.82) is 0 Å². The third-order valence-corrected chi connectivity index (χ3v) is 6.75. The minimum Gasteiger partial charge on any atom is -0.497 e. The summed E-state index contributed by atoms with van der Waals surface area (Å²) in [6, 6.07) is 11.7. The number of anilines is 1. The van der Waals surface area contributed by atoms with Gasteiger partial charge in [-0.1, -0.05) is 6.07 Å². The number of hydrogen-bond donors (Lipinski definition) is 0. The molecule has 7 nitrogen and oxygen atoms in total. The van der Waals surface area contributed by atoms with E-state index in [9.17, 15) is 4.79 Å². The molecule has 0 radical (unpaired) electrons. The molecule has 0 aliphatic carbocycles. The Morgan fingerprint density at radius 2 is 1.88 bits per heavy atom. The predicted molar refractivity (Wildman–Crippen MR) is 131 cm³/mol. The highest BCUT2D eigenvalue weighted by Crippen LogP contribution is 2.31. The molecule has 33 heavy (non-hydrogen) atoms. The van der Waals surface area contributed by atoms with Gasteiger partial charge >= 0.3 is 0 Å². The van der Waals surface area contributed by atoms with E-state index < -0.39 is 0 Å². The summed E-state index contributed by atoms with van der Waals surface area (Å²) in [5.74, 6) is 1.38. The zero-order valence-corrected chi connectivity index (χ0v) is 20.4. The third kappa shape index (κ3) is 4.57. The van der Waals surface area contributed by atoms with Crippen molar-refractivity contribution in [2.45, 2.75) is 33.2 Å². The van der Waals surface area contributed by atoms with Crippen LogP contribution < -0.4 is 14.4 Å². The lowest BCUT2D eigenvalue weighted by molar-refractivity contribution is -0.118. The molecule has 0 bridgehead atoms. The second-order valence-electron chi connectivity index (χ2n) is 7.89. The van der Waals surface area contributed by atoms with Gasteiger partial charge in [-0.15, -0.1) is 16.4 Å². The summed E-state index contributed by atoms with van der Waals surface area (Å²) in [5, 5.41) is 7.35. The zero-order chi connectivity index (χ0) is 23.5. The van der Waals surface area contributed by atoms with Gasteiger partial charge < -0.3 is 14.4 Å². The molecule has 1 amide bonds. The molecule has 0 unspecified atom stereocenters. The van der Waals surface area contributed by atoms with Crippen LogP contribution in [0.5, 0.6) is 11.6 Å². The Bertz CT molecular complexity index is 1260. The molecule has 0 aliphatic rings. The number of aromatic nitrogens is 3. The zero-order valence-electron chi connectivity index (χ0n) is 19.6. The van der Waals surface area contributed by atoms with E-state index >= 15 is 0 Å². The number of amides is 1. The van der Waals surface area contributed by atoms with Crippen molar-refractivity contribution in [2.24, 2.45) is 7.05 Å². The Morgan fingerprint density at radius 1 is 1.12 bits per heavy atom. The summed E-state index contributed by atoms with van der Waals surface area (Å²) in [7, 11) is 5.11. The average molecular weight is 465 g/mol. The van der Waals surface area contributed by atoms with Crippen LogP contribution in [0.2, 0.25) is 0 Å². The Kier molecular flexibility index (Phi) is 6.65. The summed E-state index contributed by atoms with van der Waals surface area (Å²) < 4.78 is 12.5. The van der Waals surface area contributed by atoms with Gasteiger partial charge in [0.05, 0.1) is 26.2 Å². The molecular formula is C25H28N4O3S. The molecule has 4 rings (SSSR count). The summed E-state index contributed by atoms with van der Waals surface area (Å²) in [5.41, 5.74) is 4.67. The number of ether oxygens (including phenoxy) is 2. The molecular weight excluding hydrogens is 436 g/mol. The van der Waals surface area contributed by atoms with Crippen LogP contribution in [-0.4, -0.2) is 34.9 Å². The Hall–Kier alpha value is -3.39. The van der Waals surface area contributed by atoms with E-state index in [-0.39, 0.29) is 5.91 Å². The van der Waals surface area contributed by atoms with Gasteiger partial charge in [0.15, 0.2) is 5.65 Å². The highest BCUT2D eigenvalue weighted by atomic mass is 32.1. The smallest absolute Gasteiger partial charge is 0.242 e. The first-order valence-corrected chi connectivity index (χ1v) is 11.6. The molecule has 0 saturated heterocycles. The van der Waals surface area contributed by atoms with Crippen molar-refractivity contribution in [2.75, 3.05) is 19.1 Å². The maximum Gasteiger partial charge on any atom is 0.242 e. The third-order valence-electron chi connectivity index (χ3n) is 5.88. The van der Waals surface area contributed by atoms with Crippen LogP contribution in [0.25, 0.3) is 11.0 Å². The number of pyridine rings is 1. The molecule has 0 spiro atoms. The maximum absolute atomic E-state index is 13.4. The highest BCUT2D eigenvalue weighted by molar-refractivity contribution is 7.09. The number of methoxy groups -OCH3 is 2. The van der Waals surface area contributed by atoms with E-state index in [1.54, 1.807) is 30.2 Å². The largest absolute Gasteiger partial charge is 0.497 e. The molecule has 0 atom stereocenters. The summed E-state index contributed by atoms with van der Waals surface area (Å²) in [4.78, 5) is 21.2. The van der Waals surface area contributed by atoms with Crippen LogP contribution in [0.3, 0.4) is 0 Å². The van der Waals surface area contributed by atoms with Crippen molar-refractivity contribution < 1.29 is 14.3 Å². The lowest BCUT2D eigenvalue weighted by Crippen LogP contribution is -2.30. The second kappa shape index (κ2) is 9.62. The molecule has 3 heterocycles. The van der Waals surface area contributed by atoms with E-state index in [2.05, 4.69) is 11.2 Å². The van der Waals surface area contributed by atoms with Crippen LogP contribution in [0, 0.1) is 13.8 Å². The first-order valence-electron chi connectivity index (χ1n) is 10.8. The van der Waals surface area contributed by atoms with Crippen molar-refractivity contribution in [1.82, 2.24) is 14.8 Å². The van der Waals surface area contributed by atoms with Crippen molar-refractivity contribution in [3.63, 3.8) is 0 Å². The van der Waals surface area contributed by atoms with Gasteiger partial charge in [-0.3, -0.25) is 4.79 Å². The molecule has 1 aromatic carbocycles. The number of aryl methyl sites for hydroxylation is 3. The van der Waals surface area contributed by atoms with Gasteiger partial charge in [0.2, 0.25) is 11.8 Å². The summed E-state index contributed by atoms with van der Waals surface area (Å²) in [6.45, 7) is 4.57. The monoisotopic (exact) mass is 464 g/mol. The Morgan fingerprint density at radius 3 is 2.52 bits per heavy atom. The SMILES string of the molecule is COc1ccc(N(Cc2cccs2)C(=O)CCc2c(C)nc3c(c(OC)nn3C)c2C)cc1. The minimum absolute atomic E-state index is 0.0608. The number of hydrogen-bond acceptors (Lipinski definition) is 6. The first kappa shape index (κ1) is 22.8. The summed E-state index contributed by atoms with van der Waals surface area (Å²) >= 11 is 1.65. The molecule has 0 saturated carbocycles. The van der Waals surface area contributed by atoms with Crippen LogP contribution in [0.1, 0.15) is 28.1 Å². The van der Waals surface area contributed by atoms with Crippen molar-refractivity contribution in [3.8, 4) is 11.6 Å². The van der Waals surface area contributed by atoms with E-state index in [0.717, 1.165) is 44.2 Å². The maximum atomic E-state index is 13.4. The Balaban J connectivity index is 1.61. The van der Waals surface area contributed by atoms with Crippen LogP contribution >= 0.6 is 11.3 Å². The fourth-order valence-electron chi connectivity index (χ4n) is 4.12. The topological polar surface area (TPSA) is 69.5 Å². The van der Waals surface area contributed by atoms with Crippen LogP contribution in [0.15, 0.2) is 41.8 Å². The summed E-state index contributed by atoms with van der Waals surface area (Å²) in [6.07, 6.45) is 0.962. The number of carbonyl (C=O) groups excluding carboxylic acids is 1. The number of rotatable bonds is 8. The molecule has 0 N–H and O–H groups in total. The van der Waals surface area contributed by atoms with E-state index in [1.165, 1.54) is 0 Å². The van der Waals surface area contributed by atoms with Gasteiger partial charge in [-0.25, -0.2) is 9.67 Å². The lowest BCUT2D eigenvalue weighted by Gasteiger charge is -2.23. The Labute approximate surface area is 197 Å². The molecule has 0 fully saturated rings. The molecule has 172 valence electrons. The van der Waals surface area contributed by atoms with Crippen LogP contribution in [-0.2, 0) is 24.8 Å². The van der Waals surface area contributed by atoms with E-state index in [0.29, 0.717) is 25.3 Å². The predicted octanol–water partition coefficient (Wildman–Crippen LogP) is 4.83. The van der Waals surface area contributed by atoms with Gasteiger partial charge in [0.1, 0.15) is 5.75 Å². The second-order valence-corrected chi connectivity index (χ2v) is 8.92. The van der Waals surface area contributed by atoms with Gasteiger partial charge in [-0.2, -0.15) is 0 Å².